The maximum Gasteiger partial charge on any atom is 0.410 e. The van der Waals surface area contributed by atoms with Gasteiger partial charge in [0.15, 0.2) is 0 Å². The normalized spacial score (nSPS) is 16.2. The molecule has 176 valence electrons. The number of hydrogen-bond acceptors (Lipinski definition) is 6. The number of hydrogen-bond donors (Lipinski definition) is 1. The van der Waals surface area contributed by atoms with Gasteiger partial charge in [-0.1, -0.05) is 0 Å². The molecule has 1 aromatic heterocycles. The van der Waals surface area contributed by atoms with Crippen LogP contribution in [0.1, 0.15) is 44.7 Å². The first-order chi connectivity index (χ1) is 15.5. The molecule has 2 aromatic rings. The summed E-state index contributed by atoms with van der Waals surface area (Å²) in [6.45, 7) is 6.17. The largest absolute Gasteiger partial charge is 0.444 e. The number of piperidine rings is 1. The first-order valence-electron chi connectivity index (χ1n) is 10.7. The molecule has 0 radical (unpaired) electrons. The van der Waals surface area contributed by atoms with Gasteiger partial charge in [-0.05, 0) is 57.4 Å². The van der Waals surface area contributed by atoms with Gasteiger partial charge in [-0.15, -0.1) is 0 Å². The van der Waals surface area contributed by atoms with E-state index in [9.17, 15) is 24.0 Å². The predicted molar refractivity (Wildman–Crippen MR) is 121 cm³/mol. The fourth-order valence-corrected chi connectivity index (χ4v) is 3.71. The monoisotopic (exact) mass is 457 g/mol. The predicted octanol–water partition coefficient (Wildman–Crippen LogP) is 2.42. The number of anilines is 1. The van der Waals surface area contributed by atoms with Crippen LogP contribution in [0.25, 0.3) is 0 Å². The molecule has 1 aliphatic heterocycles. The van der Waals surface area contributed by atoms with Gasteiger partial charge in [0.1, 0.15) is 17.2 Å². The van der Waals surface area contributed by atoms with Crippen molar-refractivity contribution in [2.75, 3.05) is 18.4 Å². The molecule has 1 saturated heterocycles. The van der Waals surface area contributed by atoms with Crippen LogP contribution < -0.4 is 16.6 Å². The number of halogens is 1. The number of ether oxygens (including phenoxy) is 1. The lowest BCUT2D eigenvalue weighted by Crippen LogP contribution is -2.48. The van der Waals surface area contributed by atoms with E-state index < -0.39 is 28.8 Å². The van der Waals surface area contributed by atoms with Crippen molar-refractivity contribution < 1.29 is 13.9 Å². The summed E-state index contributed by atoms with van der Waals surface area (Å²) in [6, 6.07) is 6.79. The smallest absolute Gasteiger partial charge is 0.410 e. The fourth-order valence-electron chi connectivity index (χ4n) is 3.71. The van der Waals surface area contributed by atoms with E-state index in [1.807, 2.05) is 6.07 Å². The summed E-state index contributed by atoms with van der Waals surface area (Å²) in [5.74, 6) is -0.288. The average molecular weight is 458 g/mol. The van der Waals surface area contributed by atoms with Crippen molar-refractivity contribution in [1.82, 2.24) is 14.0 Å². The van der Waals surface area contributed by atoms with Crippen LogP contribution in [0, 0.1) is 17.1 Å². The second-order valence-electron chi connectivity index (χ2n) is 9.12. The zero-order valence-corrected chi connectivity index (χ0v) is 19.2. The van der Waals surface area contributed by atoms with Crippen LogP contribution in [-0.2, 0) is 18.3 Å². The Bertz CT molecular complexity index is 1210. The van der Waals surface area contributed by atoms with Crippen LogP contribution in [-0.4, -0.2) is 44.9 Å². The second-order valence-corrected chi connectivity index (χ2v) is 9.12. The molecule has 3 rings (SSSR count). The molecule has 1 fully saturated rings. The van der Waals surface area contributed by atoms with Gasteiger partial charge >= 0.3 is 11.8 Å². The molecule has 9 nitrogen and oxygen atoms in total. The van der Waals surface area contributed by atoms with E-state index in [2.05, 4.69) is 5.32 Å². The number of nitrogens with one attached hydrogen (secondary N) is 1. The van der Waals surface area contributed by atoms with E-state index in [1.54, 1.807) is 25.7 Å². The first-order valence-corrected chi connectivity index (χ1v) is 10.7. The molecular formula is C23H28FN5O4. The van der Waals surface area contributed by atoms with Gasteiger partial charge in [0.05, 0.1) is 18.2 Å². The van der Waals surface area contributed by atoms with Gasteiger partial charge in [0, 0.05) is 32.2 Å². The summed E-state index contributed by atoms with van der Waals surface area (Å²) in [7, 11) is 1.35. The summed E-state index contributed by atoms with van der Waals surface area (Å²) >= 11 is 0. The molecule has 1 unspecified atom stereocenters. The Hall–Kier alpha value is -3.61. The first kappa shape index (κ1) is 24.0. The van der Waals surface area contributed by atoms with Crippen LogP contribution >= 0.6 is 0 Å². The lowest BCUT2D eigenvalue weighted by atomic mass is 10.1. The molecule has 1 amide bonds. The number of likely N-dealkylation sites (tertiary alicyclic amines) is 1. The lowest BCUT2D eigenvalue weighted by molar-refractivity contribution is 0.0206. The summed E-state index contributed by atoms with van der Waals surface area (Å²) in [6.07, 6.45) is 1.01. The molecule has 0 saturated carbocycles. The summed E-state index contributed by atoms with van der Waals surface area (Å²) in [4.78, 5) is 39.3. The molecule has 0 spiro atoms. The standard InChI is InChI=1S/C23H28FN5O4/c1-23(2,3)33-22(32)28-9-5-6-18(14-28)26-19-11-20(30)27(4)21(31)29(19)13-16-10-17(24)8-7-15(16)12-25/h7-8,10-11,18,26H,5-6,9,13-14H2,1-4H3. The van der Waals surface area contributed by atoms with Crippen molar-refractivity contribution in [2.45, 2.75) is 51.8 Å². The van der Waals surface area contributed by atoms with Gasteiger partial charge in [0.2, 0.25) is 0 Å². The van der Waals surface area contributed by atoms with E-state index in [4.69, 9.17) is 4.74 Å². The Balaban J connectivity index is 1.90. The third kappa shape index (κ3) is 5.80. The second kappa shape index (κ2) is 9.48. The highest BCUT2D eigenvalue weighted by Crippen LogP contribution is 2.19. The van der Waals surface area contributed by atoms with Gasteiger partial charge in [0.25, 0.3) is 5.56 Å². The summed E-state index contributed by atoms with van der Waals surface area (Å²) < 4.78 is 21.5. The van der Waals surface area contributed by atoms with Crippen molar-refractivity contribution >= 4 is 11.9 Å². The lowest BCUT2D eigenvalue weighted by Gasteiger charge is -2.35. The number of nitriles is 1. The number of carbonyl (C=O) groups is 1. The molecule has 1 aromatic carbocycles. The quantitative estimate of drug-likeness (QED) is 0.755. The number of amides is 1. The highest BCUT2D eigenvalue weighted by atomic mass is 19.1. The average Bonchev–Trinajstić information content (AvgIpc) is 2.74. The van der Waals surface area contributed by atoms with Gasteiger partial charge in [-0.2, -0.15) is 5.26 Å². The zero-order valence-electron chi connectivity index (χ0n) is 19.2. The Morgan fingerprint density at radius 2 is 2.03 bits per heavy atom. The molecule has 0 aliphatic carbocycles. The third-order valence-corrected chi connectivity index (χ3v) is 5.34. The minimum atomic E-state index is -0.618. The maximum absolute atomic E-state index is 13.8. The van der Waals surface area contributed by atoms with Crippen molar-refractivity contribution in [2.24, 2.45) is 7.05 Å². The highest BCUT2D eigenvalue weighted by molar-refractivity contribution is 5.68. The molecular weight excluding hydrogens is 429 g/mol. The van der Waals surface area contributed by atoms with Crippen LogP contribution in [0.3, 0.4) is 0 Å². The number of carbonyl (C=O) groups excluding carboxylic acids is 1. The van der Waals surface area contributed by atoms with Crippen molar-refractivity contribution in [3.63, 3.8) is 0 Å². The molecule has 1 N–H and O–H groups in total. The molecule has 33 heavy (non-hydrogen) atoms. The summed E-state index contributed by atoms with van der Waals surface area (Å²) in [5, 5.41) is 12.6. The Morgan fingerprint density at radius 1 is 1.30 bits per heavy atom. The number of aromatic nitrogens is 2. The van der Waals surface area contributed by atoms with E-state index >= 15 is 0 Å². The third-order valence-electron chi connectivity index (χ3n) is 5.34. The van der Waals surface area contributed by atoms with E-state index in [0.717, 1.165) is 4.57 Å². The number of benzene rings is 1. The topological polar surface area (TPSA) is 109 Å². The van der Waals surface area contributed by atoms with Crippen LogP contribution in [0.4, 0.5) is 15.0 Å². The Kier molecular flexibility index (Phi) is 6.91. The van der Waals surface area contributed by atoms with E-state index in [0.29, 0.717) is 31.5 Å². The maximum atomic E-state index is 13.8. The summed E-state index contributed by atoms with van der Waals surface area (Å²) in [5.41, 5.74) is -1.17. The number of nitrogens with zero attached hydrogens (tertiary/aromatic N) is 4. The van der Waals surface area contributed by atoms with Crippen molar-refractivity contribution in [1.29, 1.82) is 5.26 Å². The van der Waals surface area contributed by atoms with Crippen molar-refractivity contribution in [3.05, 3.63) is 62.0 Å². The zero-order chi connectivity index (χ0) is 24.3. The van der Waals surface area contributed by atoms with Crippen LogP contribution in [0.15, 0.2) is 33.9 Å². The van der Waals surface area contributed by atoms with Crippen LogP contribution in [0.2, 0.25) is 0 Å². The molecule has 2 heterocycles. The van der Waals surface area contributed by atoms with Crippen LogP contribution in [0.5, 0.6) is 0 Å². The molecule has 0 bridgehead atoms. The van der Waals surface area contributed by atoms with Gasteiger partial charge in [-0.25, -0.2) is 14.0 Å². The Labute approximate surface area is 191 Å². The molecule has 1 atom stereocenters. The van der Waals surface area contributed by atoms with Gasteiger partial charge < -0.3 is 15.0 Å². The van der Waals surface area contributed by atoms with E-state index in [-0.39, 0.29) is 24.0 Å². The van der Waals surface area contributed by atoms with Gasteiger partial charge in [-0.3, -0.25) is 13.9 Å². The minimum absolute atomic E-state index is 0.0988. The minimum Gasteiger partial charge on any atom is -0.444 e. The SMILES string of the molecule is Cn1c(=O)cc(NC2CCCN(C(=O)OC(C)(C)C)C2)n(Cc2cc(F)ccc2C#N)c1=O. The molecule has 10 heteroatoms. The molecule has 1 aliphatic rings. The Morgan fingerprint density at radius 3 is 2.70 bits per heavy atom. The van der Waals surface area contributed by atoms with E-state index in [1.165, 1.54) is 35.9 Å². The highest BCUT2D eigenvalue weighted by Gasteiger charge is 2.28. The number of rotatable bonds is 4. The fraction of sp³-hybridized carbons (Fsp3) is 0.478. The van der Waals surface area contributed by atoms with Crippen molar-refractivity contribution in [3.8, 4) is 6.07 Å².